The van der Waals surface area contributed by atoms with Crippen molar-refractivity contribution in [3.8, 4) is 0 Å². The van der Waals surface area contributed by atoms with Gasteiger partial charge in [-0.2, -0.15) is 0 Å². The van der Waals surface area contributed by atoms with Crippen LogP contribution in [0.15, 0.2) is 47.4 Å². The molecular weight excluding hydrogens is 354 g/mol. The third-order valence-corrected chi connectivity index (χ3v) is 5.02. The normalized spacial score (nSPS) is 12.9. The van der Waals surface area contributed by atoms with Gasteiger partial charge in [0.25, 0.3) is 5.91 Å². The van der Waals surface area contributed by atoms with Crippen molar-refractivity contribution in [3.05, 3.63) is 53.6 Å². The smallest absolute Gasteiger partial charge is 0.251 e. The predicted molar refractivity (Wildman–Crippen MR) is 96.9 cm³/mol. The van der Waals surface area contributed by atoms with Crippen molar-refractivity contribution in [2.75, 3.05) is 0 Å². The lowest BCUT2D eigenvalue weighted by Crippen LogP contribution is -2.26. The summed E-state index contributed by atoms with van der Waals surface area (Å²) in [6.07, 6.45) is 0. The molecule has 1 heterocycles. The minimum Gasteiger partial charge on any atom is -0.346 e. The lowest BCUT2D eigenvalue weighted by molar-refractivity contribution is 0.0940. The molecule has 3 aromatic rings. The van der Waals surface area contributed by atoms with Gasteiger partial charge in [-0.3, -0.25) is 4.79 Å². The van der Waals surface area contributed by atoms with Crippen LogP contribution in [0.25, 0.3) is 11.0 Å². The number of hydrogen-bond donors (Lipinski definition) is 2. The summed E-state index contributed by atoms with van der Waals surface area (Å²) >= 11 is 0. The second-order valence-electron chi connectivity index (χ2n) is 5.92. The number of amides is 1. The van der Waals surface area contributed by atoms with Gasteiger partial charge in [-0.25, -0.2) is 18.2 Å². The second-order valence-corrected chi connectivity index (χ2v) is 7.48. The molecule has 0 saturated heterocycles. The summed E-state index contributed by atoms with van der Waals surface area (Å²) in [5.74, 6) is -0.286. The van der Waals surface area contributed by atoms with E-state index in [-0.39, 0.29) is 10.8 Å². The first kappa shape index (κ1) is 18.0. The Morgan fingerprint density at radius 3 is 2.73 bits per heavy atom. The van der Waals surface area contributed by atoms with Crippen molar-refractivity contribution in [2.45, 2.75) is 31.3 Å². The fraction of sp³-hybridized carbons (Fsp3) is 0.235. The number of carbonyl (C=O) groups excluding carboxylic acids is 1. The third-order valence-electron chi connectivity index (χ3n) is 4.11. The minimum absolute atomic E-state index is 0.00805. The third kappa shape index (κ3) is 3.58. The molecule has 1 unspecified atom stereocenters. The molecule has 0 fully saturated rings. The van der Waals surface area contributed by atoms with E-state index in [1.165, 1.54) is 12.1 Å². The molecular formula is C17H19N5O3S. The first-order valence-corrected chi connectivity index (χ1v) is 9.61. The van der Waals surface area contributed by atoms with Gasteiger partial charge in [0.15, 0.2) is 0 Å². The zero-order valence-corrected chi connectivity index (χ0v) is 15.2. The van der Waals surface area contributed by atoms with Crippen molar-refractivity contribution in [3.63, 3.8) is 0 Å². The van der Waals surface area contributed by atoms with Gasteiger partial charge in [-0.15, -0.1) is 5.10 Å². The zero-order chi connectivity index (χ0) is 18.9. The van der Waals surface area contributed by atoms with Crippen molar-refractivity contribution < 1.29 is 13.2 Å². The highest BCUT2D eigenvalue weighted by atomic mass is 32.2. The van der Waals surface area contributed by atoms with Crippen LogP contribution >= 0.6 is 0 Å². The van der Waals surface area contributed by atoms with E-state index in [4.69, 9.17) is 5.14 Å². The molecule has 0 saturated carbocycles. The van der Waals surface area contributed by atoms with Gasteiger partial charge < -0.3 is 5.32 Å². The molecule has 1 amide bonds. The van der Waals surface area contributed by atoms with Gasteiger partial charge in [-0.1, -0.05) is 17.3 Å². The molecule has 2 aromatic carbocycles. The van der Waals surface area contributed by atoms with E-state index >= 15 is 0 Å². The molecule has 0 aliphatic rings. The number of nitrogens with zero attached hydrogens (tertiary/aromatic N) is 3. The molecule has 3 rings (SSSR count). The highest BCUT2D eigenvalue weighted by molar-refractivity contribution is 7.89. The summed E-state index contributed by atoms with van der Waals surface area (Å²) in [5, 5.41) is 16.1. The van der Waals surface area contributed by atoms with Crippen LogP contribution in [0, 0.1) is 0 Å². The van der Waals surface area contributed by atoms with E-state index in [2.05, 4.69) is 15.6 Å². The van der Waals surface area contributed by atoms with E-state index in [1.807, 2.05) is 6.92 Å². The van der Waals surface area contributed by atoms with Gasteiger partial charge in [0.05, 0.1) is 16.5 Å². The van der Waals surface area contributed by atoms with E-state index in [1.54, 1.807) is 41.9 Å². The van der Waals surface area contributed by atoms with Crippen molar-refractivity contribution in [1.82, 2.24) is 20.3 Å². The van der Waals surface area contributed by atoms with E-state index in [0.29, 0.717) is 23.2 Å². The summed E-state index contributed by atoms with van der Waals surface area (Å²) in [5.41, 5.74) is 2.60. The van der Waals surface area contributed by atoms with Gasteiger partial charge in [0.1, 0.15) is 5.52 Å². The lowest BCUT2D eigenvalue weighted by Gasteiger charge is -2.15. The van der Waals surface area contributed by atoms with Crippen LogP contribution in [0.4, 0.5) is 0 Å². The second kappa shape index (κ2) is 6.85. The van der Waals surface area contributed by atoms with Crippen LogP contribution in [0.3, 0.4) is 0 Å². The molecule has 0 aliphatic carbocycles. The number of aryl methyl sites for hydroxylation is 1. The minimum atomic E-state index is -3.79. The Morgan fingerprint density at radius 2 is 2.04 bits per heavy atom. The first-order valence-electron chi connectivity index (χ1n) is 8.06. The molecule has 136 valence electrons. The van der Waals surface area contributed by atoms with Gasteiger partial charge in [-0.05, 0) is 49.7 Å². The van der Waals surface area contributed by atoms with Crippen molar-refractivity contribution >= 4 is 27.0 Å². The van der Waals surface area contributed by atoms with Gasteiger partial charge >= 0.3 is 0 Å². The molecule has 0 aliphatic heterocycles. The number of aromatic nitrogens is 3. The number of nitrogens with one attached hydrogen (secondary N) is 1. The molecule has 8 nitrogen and oxygen atoms in total. The molecule has 0 spiro atoms. The van der Waals surface area contributed by atoms with Crippen molar-refractivity contribution in [1.29, 1.82) is 0 Å². The Labute approximate surface area is 151 Å². The van der Waals surface area contributed by atoms with Crippen LogP contribution in [-0.2, 0) is 16.6 Å². The molecule has 0 bridgehead atoms. The molecule has 0 radical (unpaired) electrons. The van der Waals surface area contributed by atoms with Crippen LogP contribution in [0.2, 0.25) is 0 Å². The summed E-state index contributed by atoms with van der Waals surface area (Å²) in [4.78, 5) is 12.5. The number of primary sulfonamides is 1. The van der Waals surface area contributed by atoms with Crippen LogP contribution in [0.1, 0.15) is 35.8 Å². The topological polar surface area (TPSA) is 120 Å². The fourth-order valence-electron chi connectivity index (χ4n) is 2.67. The lowest BCUT2D eigenvalue weighted by atomic mass is 10.1. The van der Waals surface area contributed by atoms with Crippen LogP contribution in [-0.4, -0.2) is 29.3 Å². The number of nitrogens with two attached hydrogens (primary N) is 1. The highest BCUT2D eigenvalue weighted by Gasteiger charge is 2.15. The van der Waals surface area contributed by atoms with E-state index in [9.17, 15) is 13.2 Å². The molecule has 26 heavy (non-hydrogen) atoms. The Bertz CT molecular complexity index is 1070. The predicted octanol–water partition coefficient (Wildman–Crippen LogP) is 1.59. The number of hydrogen-bond acceptors (Lipinski definition) is 5. The van der Waals surface area contributed by atoms with Crippen LogP contribution in [0.5, 0.6) is 0 Å². The first-order chi connectivity index (χ1) is 12.3. The number of rotatable bonds is 5. The number of fused-ring (bicyclic) bond motifs is 1. The standard InChI is InChI=1S/C17H19N5O3S/c1-3-22-16-8-7-13(10-15(16)20-21-22)17(23)19-11(2)12-5-4-6-14(9-12)26(18,24)25/h4-11H,3H2,1-2H3,(H,19,23)(H2,18,24,25). The van der Waals surface area contributed by atoms with Crippen LogP contribution < -0.4 is 10.5 Å². The summed E-state index contributed by atoms with van der Waals surface area (Å²) in [7, 11) is -3.79. The van der Waals surface area contributed by atoms with Crippen molar-refractivity contribution in [2.24, 2.45) is 5.14 Å². The van der Waals surface area contributed by atoms with Gasteiger partial charge in [0.2, 0.25) is 10.0 Å². The molecule has 9 heteroatoms. The molecule has 3 N–H and O–H groups in total. The quantitative estimate of drug-likeness (QED) is 0.704. The Kier molecular flexibility index (Phi) is 4.75. The maximum atomic E-state index is 12.5. The monoisotopic (exact) mass is 373 g/mol. The summed E-state index contributed by atoms with van der Waals surface area (Å²) in [6.45, 7) is 4.43. The average molecular weight is 373 g/mol. The van der Waals surface area contributed by atoms with E-state index < -0.39 is 16.1 Å². The molecule has 1 aromatic heterocycles. The largest absolute Gasteiger partial charge is 0.346 e. The number of carbonyl (C=O) groups is 1. The SMILES string of the molecule is CCn1nnc2cc(C(=O)NC(C)c3cccc(S(N)(=O)=O)c3)ccc21. The Balaban J connectivity index is 1.81. The molecule has 1 atom stereocenters. The average Bonchev–Trinajstić information content (AvgIpc) is 3.03. The summed E-state index contributed by atoms with van der Waals surface area (Å²) in [6, 6.07) is 11.0. The highest BCUT2D eigenvalue weighted by Crippen LogP contribution is 2.18. The number of sulfonamides is 1. The maximum Gasteiger partial charge on any atom is 0.251 e. The Morgan fingerprint density at radius 1 is 1.27 bits per heavy atom. The fourth-order valence-corrected chi connectivity index (χ4v) is 3.24. The maximum absolute atomic E-state index is 12.5. The van der Waals surface area contributed by atoms with Gasteiger partial charge in [0, 0.05) is 12.1 Å². The Hall–Kier alpha value is -2.78. The van der Waals surface area contributed by atoms with E-state index in [0.717, 1.165) is 5.52 Å². The zero-order valence-electron chi connectivity index (χ0n) is 14.4. The summed E-state index contributed by atoms with van der Waals surface area (Å²) < 4.78 is 24.7. The number of benzene rings is 2.